The number of hydrogen-bond acceptors (Lipinski definition) is 3. The van der Waals surface area contributed by atoms with Crippen LogP contribution in [0.3, 0.4) is 0 Å². The third-order valence-corrected chi connectivity index (χ3v) is 5.69. The zero-order chi connectivity index (χ0) is 14.4. The molecule has 0 atom stereocenters. The zero-order valence-corrected chi connectivity index (χ0v) is 12.5. The topological polar surface area (TPSA) is 35.5 Å². The van der Waals surface area contributed by atoms with Crippen LogP contribution in [0, 0.1) is 23.7 Å². The van der Waals surface area contributed by atoms with Gasteiger partial charge in [-0.25, -0.2) is 4.79 Å². The summed E-state index contributed by atoms with van der Waals surface area (Å²) >= 11 is 0. The van der Waals surface area contributed by atoms with E-state index in [0.717, 1.165) is 11.8 Å². The number of benzene rings is 1. The number of ether oxygens (including phenoxy) is 2. The van der Waals surface area contributed by atoms with Crippen LogP contribution in [0.25, 0.3) is 0 Å². The Morgan fingerprint density at radius 3 is 2.33 bits per heavy atom. The largest absolute Gasteiger partial charge is 0.497 e. The molecule has 21 heavy (non-hydrogen) atoms. The first-order chi connectivity index (χ1) is 10.2. The van der Waals surface area contributed by atoms with Crippen LogP contribution in [-0.2, 0) is 4.74 Å². The Balaban J connectivity index is 1.49. The lowest BCUT2D eigenvalue weighted by Crippen LogP contribution is -2.50. The second-order valence-corrected chi connectivity index (χ2v) is 7.03. The Bertz CT molecular complexity index is 523. The number of carbonyl (C=O) groups excluding carboxylic acids is 1. The Morgan fingerprint density at radius 1 is 1.05 bits per heavy atom. The van der Waals surface area contributed by atoms with Crippen molar-refractivity contribution in [2.24, 2.45) is 23.7 Å². The van der Waals surface area contributed by atoms with Crippen molar-refractivity contribution < 1.29 is 14.3 Å². The minimum absolute atomic E-state index is 0.150. The number of methoxy groups -OCH3 is 1. The fourth-order valence-electron chi connectivity index (χ4n) is 5.01. The summed E-state index contributed by atoms with van der Waals surface area (Å²) in [4.78, 5) is 12.4. The predicted octanol–water partition coefficient (Wildman–Crippen LogP) is 3.68. The van der Waals surface area contributed by atoms with Gasteiger partial charge in [-0.2, -0.15) is 0 Å². The van der Waals surface area contributed by atoms with Crippen molar-refractivity contribution in [3.05, 3.63) is 29.8 Å². The van der Waals surface area contributed by atoms with Crippen LogP contribution in [0.5, 0.6) is 5.75 Å². The average molecular weight is 286 g/mol. The van der Waals surface area contributed by atoms with E-state index in [1.54, 1.807) is 19.2 Å². The van der Waals surface area contributed by atoms with Crippen molar-refractivity contribution >= 4 is 5.97 Å². The third-order valence-electron chi connectivity index (χ3n) is 5.69. The first kappa shape index (κ1) is 13.2. The molecule has 0 saturated heterocycles. The highest BCUT2D eigenvalue weighted by Crippen LogP contribution is 2.54. The number of hydrogen-bond donors (Lipinski definition) is 0. The number of esters is 1. The quantitative estimate of drug-likeness (QED) is 0.795. The van der Waals surface area contributed by atoms with Gasteiger partial charge in [0.2, 0.25) is 0 Å². The van der Waals surface area contributed by atoms with Gasteiger partial charge in [-0.1, -0.05) is 6.07 Å². The Labute approximate surface area is 125 Å². The summed E-state index contributed by atoms with van der Waals surface area (Å²) in [5, 5.41) is 0. The number of carbonyl (C=O) groups is 1. The van der Waals surface area contributed by atoms with Crippen molar-refractivity contribution in [3.63, 3.8) is 0 Å². The first-order valence-corrected chi connectivity index (χ1v) is 8.08. The minimum atomic E-state index is -0.189. The molecule has 0 heterocycles. The fourth-order valence-corrected chi connectivity index (χ4v) is 5.01. The van der Waals surface area contributed by atoms with Gasteiger partial charge in [-0.05, 0) is 74.0 Å². The van der Waals surface area contributed by atoms with Crippen molar-refractivity contribution in [2.45, 2.75) is 38.2 Å². The van der Waals surface area contributed by atoms with E-state index in [2.05, 4.69) is 0 Å². The van der Waals surface area contributed by atoms with E-state index in [1.807, 2.05) is 12.1 Å². The molecule has 0 N–H and O–H groups in total. The molecule has 0 aromatic heterocycles. The maximum absolute atomic E-state index is 12.4. The molecule has 0 aliphatic heterocycles. The van der Waals surface area contributed by atoms with Gasteiger partial charge in [0.05, 0.1) is 12.7 Å². The van der Waals surface area contributed by atoms with Gasteiger partial charge in [-0.3, -0.25) is 0 Å². The Kier molecular flexibility index (Phi) is 3.16. The highest BCUT2D eigenvalue weighted by atomic mass is 16.5. The van der Waals surface area contributed by atoms with Crippen LogP contribution < -0.4 is 4.74 Å². The molecular formula is C18H22O3. The maximum Gasteiger partial charge on any atom is 0.338 e. The molecule has 4 saturated carbocycles. The molecule has 0 radical (unpaired) electrons. The molecule has 0 unspecified atom stereocenters. The highest BCUT2D eigenvalue weighted by molar-refractivity contribution is 5.90. The second-order valence-electron chi connectivity index (χ2n) is 7.03. The summed E-state index contributed by atoms with van der Waals surface area (Å²) in [5.74, 6) is 3.53. The average Bonchev–Trinajstić information content (AvgIpc) is 2.50. The van der Waals surface area contributed by atoms with Gasteiger partial charge < -0.3 is 9.47 Å². The molecule has 0 amide bonds. The Morgan fingerprint density at radius 2 is 1.71 bits per heavy atom. The zero-order valence-electron chi connectivity index (χ0n) is 12.5. The van der Waals surface area contributed by atoms with Crippen LogP contribution in [-0.4, -0.2) is 19.2 Å². The minimum Gasteiger partial charge on any atom is -0.497 e. The summed E-state index contributed by atoms with van der Waals surface area (Å²) < 4.78 is 11.1. The van der Waals surface area contributed by atoms with Crippen molar-refractivity contribution in [1.82, 2.24) is 0 Å². The lowest BCUT2D eigenvalue weighted by atomic mass is 9.55. The molecule has 4 aliphatic carbocycles. The normalized spacial score (nSPS) is 36.5. The van der Waals surface area contributed by atoms with Crippen LogP contribution >= 0.6 is 0 Å². The van der Waals surface area contributed by atoms with Crippen LogP contribution in [0.1, 0.15) is 42.5 Å². The summed E-state index contributed by atoms with van der Waals surface area (Å²) in [6, 6.07) is 7.26. The van der Waals surface area contributed by atoms with Crippen LogP contribution in [0.2, 0.25) is 0 Å². The summed E-state index contributed by atoms with van der Waals surface area (Å²) in [5.41, 5.74) is 0.600. The van der Waals surface area contributed by atoms with Crippen molar-refractivity contribution in [2.75, 3.05) is 7.11 Å². The van der Waals surface area contributed by atoms with Gasteiger partial charge in [0, 0.05) is 0 Å². The van der Waals surface area contributed by atoms with E-state index >= 15 is 0 Å². The molecule has 1 aromatic rings. The third kappa shape index (κ3) is 2.33. The standard InChI is InChI=1S/C18H22O3/c1-20-16-4-2-3-13(10-16)18(19)21-17-14-6-11-5-12(8-14)9-15(17)7-11/h2-4,10-12,14-15,17H,5-9H2,1H3. The van der Waals surface area contributed by atoms with E-state index in [-0.39, 0.29) is 12.1 Å². The molecule has 4 bridgehead atoms. The molecule has 5 rings (SSSR count). The molecule has 3 nitrogen and oxygen atoms in total. The second kappa shape index (κ2) is 5.04. The van der Waals surface area contributed by atoms with E-state index in [1.165, 1.54) is 32.1 Å². The molecule has 112 valence electrons. The smallest absolute Gasteiger partial charge is 0.338 e. The van der Waals surface area contributed by atoms with Gasteiger partial charge in [0.15, 0.2) is 0 Å². The molecule has 4 aliphatic rings. The highest BCUT2D eigenvalue weighted by Gasteiger charge is 2.49. The maximum atomic E-state index is 12.4. The number of rotatable bonds is 3. The molecular weight excluding hydrogens is 264 g/mol. The van der Waals surface area contributed by atoms with Crippen LogP contribution in [0.15, 0.2) is 24.3 Å². The monoisotopic (exact) mass is 286 g/mol. The first-order valence-electron chi connectivity index (χ1n) is 8.08. The van der Waals surface area contributed by atoms with Crippen molar-refractivity contribution in [3.8, 4) is 5.75 Å². The van der Waals surface area contributed by atoms with Crippen LogP contribution in [0.4, 0.5) is 0 Å². The van der Waals surface area contributed by atoms with Crippen molar-refractivity contribution in [1.29, 1.82) is 0 Å². The van der Waals surface area contributed by atoms with E-state index in [4.69, 9.17) is 9.47 Å². The summed E-state index contributed by atoms with van der Waals surface area (Å²) in [7, 11) is 1.61. The van der Waals surface area contributed by atoms with Gasteiger partial charge >= 0.3 is 5.97 Å². The van der Waals surface area contributed by atoms with E-state index in [9.17, 15) is 4.79 Å². The fraction of sp³-hybridized carbons (Fsp3) is 0.611. The summed E-state index contributed by atoms with van der Waals surface area (Å²) in [6.45, 7) is 0. The van der Waals surface area contributed by atoms with Gasteiger partial charge in [0.1, 0.15) is 11.9 Å². The SMILES string of the molecule is COc1cccc(C(=O)OC2C3CC4CC(C3)CC2C4)c1. The van der Waals surface area contributed by atoms with E-state index < -0.39 is 0 Å². The lowest BCUT2D eigenvalue weighted by Gasteiger charge is -2.53. The van der Waals surface area contributed by atoms with Gasteiger partial charge in [-0.15, -0.1) is 0 Å². The Hall–Kier alpha value is -1.51. The summed E-state index contributed by atoms with van der Waals surface area (Å²) in [6.07, 6.45) is 6.64. The van der Waals surface area contributed by atoms with Gasteiger partial charge in [0.25, 0.3) is 0 Å². The molecule has 0 spiro atoms. The lowest BCUT2D eigenvalue weighted by molar-refractivity contribution is -0.101. The van der Waals surface area contributed by atoms with E-state index in [0.29, 0.717) is 23.1 Å². The molecule has 3 heteroatoms. The molecule has 4 fully saturated rings. The predicted molar refractivity (Wildman–Crippen MR) is 79.2 cm³/mol. The molecule has 1 aromatic carbocycles.